The van der Waals surface area contributed by atoms with Crippen LogP contribution in [0, 0.1) is 0 Å². The summed E-state index contributed by atoms with van der Waals surface area (Å²) in [6, 6.07) is 10.3. The van der Waals surface area contributed by atoms with E-state index in [4.69, 9.17) is 0 Å². The average Bonchev–Trinajstić information content (AvgIpc) is 2.17. The van der Waals surface area contributed by atoms with E-state index in [0.717, 1.165) is 0 Å². The molecule has 1 aromatic rings. The minimum atomic E-state index is -0.678. The Morgan fingerprint density at radius 1 is 1.20 bits per heavy atom. The van der Waals surface area contributed by atoms with Crippen LogP contribution in [0.1, 0.15) is 25.8 Å². The van der Waals surface area contributed by atoms with Gasteiger partial charge in [-0.1, -0.05) is 48.1 Å². The predicted octanol–water partition coefficient (Wildman–Crippen LogP) is 3.17. The van der Waals surface area contributed by atoms with Gasteiger partial charge >= 0.3 is 0 Å². The van der Waals surface area contributed by atoms with Crippen LogP contribution in [0.15, 0.2) is 48.1 Å². The molecule has 0 heterocycles. The van der Waals surface area contributed by atoms with Crippen LogP contribution in [0.3, 0.4) is 0 Å². The second-order valence-corrected chi connectivity index (χ2v) is 4.43. The van der Waals surface area contributed by atoms with Gasteiger partial charge in [-0.05, 0) is 25.0 Å². The zero-order chi connectivity index (χ0) is 10.9. The summed E-state index contributed by atoms with van der Waals surface area (Å²) in [5.41, 5.74) is 3.03. The highest BCUT2D eigenvalue weighted by Crippen LogP contribution is 2.31. The quantitative estimate of drug-likeness (QED) is 0.738. The zero-order valence-corrected chi connectivity index (χ0v) is 9.20. The smallest absolute Gasteiger partial charge is 0.0840 e. The minimum Gasteiger partial charge on any atom is -0.386 e. The van der Waals surface area contributed by atoms with E-state index in [9.17, 15) is 5.11 Å². The molecule has 1 N–H and O–H groups in total. The van der Waals surface area contributed by atoms with Gasteiger partial charge in [0, 0.05) is 6.42 Å². The van der Waals surface area contributed by atoms with Crippen molar-refractivity contribution in [2.24, 2.45) is 0 Å². The maximum atomic E-state index is 9.89. The highest BCUT2D eigenvalue weighted by molar-refractivity contribution is 5.77. The molecule has 0 radical (unpaired) electrons. The van der Waals surface area contributed by atoms with E-state index in [1.807, 2.05) is 37.3 Å². The van der Waals surface area contributed by atoms with E-state index in [0.29, 0.717) is 6.42 Å². The van der Waals surface area contributed by atoms with Crippen molar-refractivity contribution in [3.05, 3.63) is 53.6 Å². The van der Waals surface area contributed by atoms with Gasteiger partial charge in [-0.2, -0.15) is 0 Å². The fourth-order valence-electron chi connectivity index (χ4n) is 2.06. The first-order chi connectivity index (χ1) is 7.08. The first-order valence-electron chi connectivity index (χ1n) is 5.25. The molecule has 1 aromatic carbocycles. The SMILES string of the molecule is CC1=C(c2ccccc2)C=CC(C)(O)C1. The molecule has 1 unspecified atom stereocenters. The Bertz CT molecular complexity index is 410. The highest BCUT2D eigenvalue weighted by Gasteiger charge is 2.22. The summed E-state index contributed by atoms with van der Waals surface area (Å²) in [6.45, 7) is 3.93. The topological polar surface area (TPSA) is 20.2 Å². The molecule has 0 amide bonds. The Kier molecular flexibility index (Phi) is 2.49. The van der Waals surface area contributed by atoms with E-state index < -0.39 is 5.60 Å². The van der Waals surface area contributed by atoms with Gasteiger partial charge in [-0.15, -0.1) is 0 Å². The van der Waals surface area contributed by atoms with Crippen LogP contribution in [0.5, 0.6) is 0 Å². The van der Waals surface area contributed by atoms with Crippen LogP contribution in [0.4, 0.5) is 0 Å². The fraction of sp³-hybridized carbons (Fsp3) is 0.286. The molecule has 0 bridgehead atoms. The number of aliphatic hydroxyl groups is 1. The van der Waals surface area contributed by atoms with Gasteiger partial charge in [0.25, 0.3) is 0 Å². The molecular formula is C14H16O. The fourth-order valence-corrected chi connectivity index (χ4v) is 2.06. The molecule has 0 aromatic heterocycles. The van der Waals surface area contributed by atoms with E-state index in [1.165, 1.54) is 16.7 Å². The molecule has 1 heteroatoms. The van der Waals surface area contributed by atoms with Crippen molar-refractivity contribution in [2.75, 3.05) is 0 Å². The van der Waals surface area contributed by atoms with Crippen molar-refractivity contribution in [3.63, 3.8) is 0 Å². The number of benzene rings is 1. The van der Waals surface area contributed by atoms with Gasteiger partial charge in [0.15, 0.2) is 0 Å². The van der Waals surface area contributed by atoms with Crippen LogP contribution >= 0.6 is 0 Å². The third-order valence-electron chi connectivity index (χ3n) is 2.78. The second kappa shape index (κ2) is 3.67. The number of hydrogen-bond donors (Lipinski definition) is 1. The number of hydrogen-bond acceptors (Lipinski definition) is 1. The summed E-state index contributed by atoms with van der Waals surface area (Å²) in [5, 5.41) is 9.89. The Morgan fingerprint density at radius 3 is 2.47 bits per heavy atom. The molecule has 1 aliphatic carbocycles. The van der Waals surface area contributed by atoms with E-state index >= 15 is 0 Å². The molecule has 0 aliphatic heterocycles. The number of rotatable bonds is 1. The van der Waals surface area contributed by atoms with Crippen molar-refractivity contribution in [2.45, 2.75) is 25.9 Å². The molecule has 0 saturated heterocycles. The monoisotopic (exact) mass is 200 g/mol. The molecule has 1 aliphatic rings. The summed E-state index contributed by atoms with van der Waals surface area (Å²) in [7, 11) is 0. The Balaban J connectivity index is 2.37. The van der Waals surface area contributed by atoms with Crippen molar-refractivity contribution in [3.8, 4) is 0 Å². The normalized spacial score (nSPS) is 25.8. The maximum absolute atomic E-state index is 9.89. The zero-order valence-electron chi connectivity index (χ0n) is 9.20. The average molecular weight is 200 g/mol. The lowest BCUT2D eigenvalue weighted by Crippen LogP contribution is -2.23. The van der Waals surface area contributed by atoms with E-state index in [-0.39, 0.29) is 0 Å². The Labute approximate surface area is 90.8 Å². The summed E-state index contributed by atoms with van der Waals surface area (Å²) in [4.78, 5) is 0. The van der Waals surface area contributed by atoms with Crippen molar-refractivity contribution >= 4 is 5.57 Å². The Hall–Kier alpha value is -1.34. The second-order valence-electron chi connectivity index (χ2n) is 4.43. The molecule has 1 nitrogen and oxygen atoms in total. The van der Waals surface area contributed by atoms with Crippen LogP contribution in [-0.4, -0.2) is 10.7 Å². The van der Waals surface area contributed by atoms with Gasteiger partial charge in [0.2, 0.25) is 0 Å². The van der Waals surface area contributed by atoms with Crippen LogP contribution in [0.2, 0.25) is 0 Å². The molecule has 1 atom stereocenters. The van der Waals surface area contributed by atoms with Crippen molar-refractivity contribution in [1.82, 2.24) is 0 Å². The maximum Gasteiger partial charge on any atom is 0.0840 e. The third-order valence-corrected chi connectivity index (χ3v) is 2.78. The van der Waals surface area contributed by atoms with Gasteiger partial charge in [-0.25, -0.2) is 0 Å². The summed E-state index contributed by atoms with van der Waals surface area (Å²) >= 11 is 0. The molecule has 0 saturated carbocycles. The van der Waals surface area contributed by atoms with Gasteiger partial charge in [0.1, 0.15) is 0 Å². The molecule has 15 heavy (non-hydrogen) atoms. The van der Waals surface area contributed by atoms with Crippen molar-refractivity contribution in [1.29, 1.82) is 0 Å². The lowest BCUT2D eigenvalue weighted by molar-refractivity contribution is 0.111. The first kappa shape index (κ1) is 10.2. The molecule has 0 fully saturated rings. The van der Waals surface area contributed by atoms with Gasteiger partial charge < -0.3 is 5.11 Å². The largest absolute Gasteiger partial charge is 0.386 e. The predicted molar refractivity (Wildman–Crippen MR) is 63.4 cm³/mol. The molecule has 2 rings (SSSR count). The minimum absolute atomic E-state index is 0.678. The standard InChI is InChI=1S/C14H16O/c1-11-10-14(2,15)9-8-13(11)12-6-4-3-5-7-12/h3-9,15H,10H2,1-2H3. The van der Waals surface area contributed by atoms with Crippen LogP contribution in [-0.2, 0) is 0 Å². The summed E-state index contributed by atoms with van der Waals surface area (Å²) in [5.74, 6) is 0. The van der Waals surface area contributed by atoms with Gasteiger partial charge in [0.05, 0.1) is 5.60 Å². The lowest BCUT2D eigenvalue weighted by Gasteiger charge is -2.25. The Morgan fingerprint density at radius 2 is 1.87 bits per heavy atom. The van der Waals surface area contributed by atoms with E-state index in [2.05, 4.69) is 19.1 Å². The first-order valence-corrected chi connectivity index (χ1v) is 5.25. The van der Waals surface area contributed by atoms with Crippen LogP contribution in [0.25, 0.3) is 5.57 Å². The number of allylic oxidation sites excluding steroid dienone is 2. The summed E-state index contributed by atoms with van der Waals surface area (Å²) < 4.78 is 0. The van der Waals surface area contributed by atoms with E-state index in [1.54, 1.807) is 0 Å². The molecular weight excluding hydrogens is 184 g/mol. The third kappa shape index (κ3) is 2.18. The molecule has 78 valence electrons. The highest BCUT2D eigenvalue weighted by atomic mass is 16.3. The summed E-state index contributed by atoms with van der Waals surface area (Å²) in [6.07, 6.45) is 4.62. The van der Waals surface area contributed by atoms with Crippen molar-refractivity contribution < 1.29 is 5.11 Å². The lowest BCUT2D eigenvalue weighted by atomic mass is 9.85. The van der Waals surface area contributed by atoms with Crippen LogP contribution < -0.4 is 0 Å². The molecule has 0 spiro atoms. The van der Waals surface area contributed by atoms with Gasteiger partial charge in [-0.3, -0.25) is 0 Å².